The number of benzene rings is 1. The first-order valence-electron chi connectivity index (χ1n) is 5.73. The van der Waals surface area contributed by atoms with Gasteiger partial charge >= 0.3 is 0 Å². The van der Waals surface area contributed by atoms with Gasteiger partial charge < -0.3 is 10.0 Å². The Bertz CT molecular complexity index is 460. The molecule has 0 heterocycles. The van der Waals surface area contributed by atoms with E-state index in [1.807, 2.05) is 0 Å². The van der Waals surface area contributed by atoms with Gasteiger partial charge in [0.2, 0.25) is 5.91 Å². The van der Waals surface area contributed by atoms with E-state index in [-0.39, 0.29) is 18.2 Å². The highest BCUT2D eigenvalue weighted by atomic mass is 35.5. The number of nitrogens with zero attached hydrogens (tertiary/aromatic N) is 1. The molecule has 1 rings (SSSR count). The monoisotopic (exact) mass is 321 g/mol. The molecule has 0 unspecified atom stereocenters. The summed E-state index contributed by atoms with van der Waals surface area (Å²) in [5.74, 6) is 0.190. The van der Waals surface area contributed by atoms with Gasteiger partial charge in [-0.2, -0.15) is 0 Å². The zero-order chi connectivity index (χ0) is 14.6. The van der Waals surface area contributed by atoms with E-state index in [0.717, 1.165) is 4.90 Å². The van der Waals surface area contributed by atoms with Gasteiger partial charge in [0.15, 0.2) is 0 Å². The Labute approximate surface area is 127 Å². The lowest BCUT2D eigenvalue weighted by molar-refractivity contribution is -0.129. The Morgan fingerprint density at radius 2 is 2.05 bits per heavy atom. The van der Waals surface area contributed by atoms with Gasteiger partial charge in [0.1, 0.15) is 0 Å². The van der Waals surface area contributed by atoms with E-state index < -0.39 is 5.60 Å². The maximum absolute atomic E-state index is 11.9. The molecular formula is C13H17Cl2NO2S. The summed E-state index contributed by atoms with van der Waals surface area (Å²) in [6, 6.07) is 5.14. The van der Waals surface area contributed by atoms with Gasteiger partial charge in [-0.15, -0.1) is 11.8 Å². The first-order chi connectivity index (χ1) is 8.69. The molecule has 0 radical (unpaired) electrons. The van der Waals surface area contributed by atoms with Crippen LogP contribution in [0.15, 0.2) is 23.1 Å². The predicted octanol–water partition coefficient (Wildman–Crippen LogP) is 3.31. The van der Waals surface area contributed by atoms with Crippen molar-refractivity contribution < 1.29 is 9.90 Å². The van der Waals surface area contributed by atoms with Crippen LogP contribution >= 0.6 is 35.0 Å². The molecule has 0 aromatic heterocycles. The quantitative estimate of drug-likeness (QED) is 0.846. The smallest absolute Gasteiger partial charge is 0.232 e. The number of amides is 1. The van der Waals surface area contributed by atoms with Gasteiger partial charge in [0.05, 0.1) is 16.4 Å². The topological polar surface area (TPSA) is 40.5 Å². The van der Waals surface area contributed by atoms with E-state index >= 15 is 0 Å². The first kappa shape index (κ1) is 16.6. The van der Waals surface area contributed by atoms with Crippen LogP contribution in [0.2, 0.25) is 10.0 Å². The summed E-state index contributed by atoms with van der Waals surface area (Å²) in [5, 5.41) is 10.8. The van der Waals surface area contributed by atoms with Crippen LogP contribution in [0, 0.1) is 0 Å². The van der Waals surface area contributed by atoms with Crippen molar-refractivity contribution in [2.75, 3.05) is 19.3 Å². The Morgan fingerprint density at radius 1 is 1.42 bits per heavy atom. The molecule has 1 aromatic carbocycles. The molecule has 0 aliphatic carbocycles. The van der Waals surface area contributed by atoms with Crippen molar-refractivity contribution in [3.63, 3.8) is 0 Å². The summed E-state index contributed by atoms with van der Waals surface area (Å²) >= 11 is 13.2. The Kier molecular flexibility index (Phi) is 5.99. The number of rotatable bonds is 5. The summed E-state index contributed by atoms with van der Waals surface area (Å²) in [6.45, 7) is 3.62. The second-order valence-corrected chi connectivity index (χ2v) is 6.79. The average molecular weight is 322 g/mol. The number of carbonyl (C=O) groups excluding carboxylic acids is 1. The number of hydrogen-bond acceptors (Lipinski definition) is 3. The fourth-order valence-electron chi connectivity index (χ4n) is 1.51. The Morgan fingerprint density at radius 3 is 2.63 bits per heavy atom. The molecule has 0 bridgehead atoms. The van der Waals surface area contributed by atoms with Crippen LogP contribution in [0.4, 0.5) is 0 Å². The molecule has 6 heteroatoms. The second kappa shape index (κ2) is 6.84. The average Bonchev–Trinajstić information content (AvgIpc) is 2.27. The lowest BCUT2D eigenvalue weighted by Gasteiger charge is -2.25. The number of likely N-dealkylation sites (N-methyl/N-ethyl adjacent to an activating group) is 1. The minimum Gasteiger partial charge on any atom is -0.389 e. The van der Waals surface area contributed by atoms with E-state index in [2.05, 4.69) is 0 Å². The van der Waals surface area contributed by atoms with Crippen molar-refractivity contribution in [3.05, 3.63) is 28.2 Å². The first-order valence-corrected chi connectivity index (χ1v) is 7.47. The van der Waals surface area contributed by atoms with Crippen LogP contribution in [0.5, 0.6) is 0 Å². The standard InChI is InChI=1S/C13H17Cl2NO2S/c1-13(2,18)8-16(3)12(17)7-19-11-6-9(14)4-5-10(11)15/h4-6,18H,7-8H2,1-3H3. The van der Waals surface area contributed by atoms with Crippen molar-refractivity contribution in [2.24, 2.45) is 0 Å². The third-order valence-corrected chi connectivity index (χ3v) is 4.01. The summed E-state index contributed by atoms with van der Waals surface area (Å²) in [6.07, 6.45) is 0. The number of aliphatic hydroxyl groups is 1. The molecule has 1 N–H and O–H groups in total. The van der Waals surface area contributed by atoms with Crippen LogP contribution in [0.1, 0.15) is 13.8 Å². The van der Waals surface area contributed by atoms with Crippen molar-refractivity contribution in [2.45, 2.75) is 24.3 Å². The Hall–Kier alpha value is -0.420. The van der Waals surface area contributed by atoms with E-state index in [9.17, 15) is 9.90 Å². The highest BCUT2D eigenvalue weighted by Gasteiger charge is 2.19. The minimum absolute atomic E-state index is 0.0665. The van der Waals surface area contributed by atoms with Crippen molar-refractivity contribution in [3.8, 4) is 0 Å². The van der Waals surface area contributed by atoms with E-state index in [1.165, 1.54) is 16.7 Å². The Balaban J connectivity index is 2.57. The number of carbonyl (C=O) groups is 1. The molecule has 0 spiro atoms. The van der Waals surface area contributed by atoms with Crippen LogP contribution in [0.3, 0.4) is 0 Å². The molecule has 0 saturated heterocycles. The van der Waals surface area contributed by atoms with Crippen molar-refractivity contribution in [1.82, 2.24) is 4.90 Å². The highest BCUT2D eigenvalue weighted by molar-refractivity contribution is 8.00. The summed E-state index contributed by atoms with van der Waals surface area (Å²) < 4.78 is 0. The minimum atomic E-state index is -0.900. The molecule has 0 fully saturated rings. The molecule has 106 valence electrons. The zero-order valence-electron chi connectivity index (χ0n) is 11.1. The molecule has 0 aliphatic rings. The van der Waals surface area contributed by atoms with E-state index in [4.69, 9.17) is 23.2 Å². The maximum Gasteiger partial charge on any atom is 0.232 e. The third kappa shape index (κ3) is 6.04. The third-order valence-electron chi connectivity index (χ3n) is 2.29. The summed E-state index contributed by atoms with van der Waals surface area (Å²) in [5.41, 5.74) is -0.900. The normalized spacial score (nSPS) is 11.5. The van der Waals surface area contributed by atoms with Crippen molar-refractivity contribution >= 4 is 40.9 Å². The van der Waals surface area contributed by atoms with Gasteiger partial charge in [-0.05, 0) is 32.0 Å². The number of hydrogen-bond donors (Lipinski definition) is 1. The fraction of sp³-hybridized carbons (Fsp3) is 0.462. The summed E-state index contributed by atoms with van der Waals surface area (Å²) in [4.78, 5) is 14.2. The zero-order valence-corrected chi connectivity index (χ0v) is 13.4. The summed E-state index contributed by atoms with van der Waals surface area (Å²) in [7, 11) is 1.67. The van der Waals surface area contributed by atoms with Gasteiger partial charge in [-0.25, -0.2) is 0 Å². The molecule has 0 atom stereocenters. The lowest BCUT2D eigenvalue weighted by Crippen LogP contribution is -2.40. The second-order valence-electron chi connectivity index (χ2n) is 4.93. The van der Waals surface area contributed by atoms with Gasteiger partial charge in [0.25, 0.3) is 0 Å². The molecular weight excluding hydrogens is 305 g/mol. The number of halogens is 2. The van der Waals surface area contributed by atoms with Crippen molar-refractivity contribution in [1.29, 1.82) is 0 Å². The van der Waals surface area contributed by atoms with Crippen LogP contribution in [0.25, 0.3) is 0 Å². The fourth-order valence-corrected chi connectivity index (χ4v) is 2.94. The van der Waals surface area contributed by atoms with Gasteiger partial charge in [0, 0.05) is 23.5 Å². The molecule has 1 amide bonds. The molecule has 0 saturated carbocycles. The van der Waals surface area contributed by atoms with E-state index in [1.54, 1.807) is 39.1 Å². The van der Waals surface area contributed by atoms with Crippen LogP contribution in [-0.2, 0) is 4.79 Å². The molecule has 19 heavy (non-hydrogen) atoms. The number of thioether (sulfide) groups is 1. The molecule has 3 nitrogen and oxygen atoms in total. The molecule has 1 aromatic rings. The lowest BCUT2D eigenvalue weighted by atomic mass is 10.1. The maximum atomic E-state index is 11.9. The SMILES string of the molecule is CN(CC(C)(C)O)C(=O)CSc1cc(Cl)ccc1Cl. The van der Waals surface area contributed by atoms with Crippen LogP contribution in [-0.4, -0.2) is 40.9 Å². The predicted molar refractivity (Wildman–Crippen MR) is 81.1 cm³/mol. The van der Waals surface area contributed by atoms with Crippen LogP contribution < -0.4 is 0 Å². The molecule has 0 aliphatic heterocycles. The van der Waals surface area contributed by atoms with Gasteiger partial charge in [-0.1, -0.05) is 23.2 Å². The highest BCUT2D eigenvalue weighted by Crippen LogP contribution is 2.29. The largest absolute Gasteiger partial charge is 0.389 e. The van der Waals surface area contributed by atoms with E-state index in [0.29, 0.717) is 10.0 Å². The van der Waals surface area contributed by atoms with Gasteiger partial charge in [-0.3, -0.25) is 4.79 Å².